The van der Waals surface area contributed by atoms with Crippen molar-refractivity contribution in [3.63, 3.8) is 0 Å². The van der Waals surface area contributed by atoms with Gasteiger partial charge in [0.1, 0.15) is 12.3 Å². The number of hydrogen-bond acceptors (Lipinski definition) is 4. The molecule has 1 unspecified atom stereocenters. The molecule has 2 amide bonds. The molecule has 0 aliphatic carbocycles. The van der Waals surface area contributed by atoms with Crippen LogP contribution in [0.1, 0.15) is 29.2 Å². The molecule has 1 atom stereocenters. The van der Waals surface area contributed by atoms with Crippen LogP contribution in [-0.2, 0) is 16.6 Å². The van der Waals surface area contributed by atoms with Crippen LogP contribution in [0.4, 0.5) is 0 Å². The lowest BCUT2D eigenvalue weighted by Crippen LogP contribution is -2.44. The number of benzene rings is 1. The molecule has 1 aromatic heterocycles. The van der Waals surface area contributed by atoms with Crippen LogP contribution in [0.25, 0.3) is 11.0 Å². The molecular formula is C14H13N3O4. The Bertz CT molecular complexity index is 831. The number of hydrogen-bond donors (Lipinski definition) is 1. The average molecular weight is 287 g/mol. The van der Waals surface area contributed by atoms with Gasteiger partial charge in [0.25, 0.3) is 0 Å². The van der Waals surface area contributed by atoms with Gasteiger partial charge in [0.05, 0.1) is 11.0 Å². The summed E-state index contributed by atoms with van der Waals surface area (Å²) in [5, 5.41) is 2.25. The first-order valence-electron chi connectivity index (χ1n) is 6.53. The van der Waals surface area contributed by atoms with Crippen molar-refractivity contribution in [2.75, 3.05) is 0 Å². The van der Waals surface area contributed by atoms with Gasteiger partial charge in [0.15, 0.2) is 0 Å². The smallest absolute Gasteiger partial charge is 0.298 e. The van der Waals surface area contributed by atoms with Crippen molar-refractivity contribution in [3.05, 3.63) is 34.2 Å². The van der Waals surface area contributed by atoms with Crippen molar-refractivity contribution in [2.45, 2.75) is 18.9 Å². The highest BCUT2D eigenvalue weighted by Crippen LogP contribution is 2.23. The van der Waals surface area contributed by atoms with E-state index in [4.69, 9.17) is 0 Å². The molecule has 1 aromatic carbocycles. The maximum atomic E-state index is 12.4. The molecule has 2 heterocycles. The lowest BCUT2D eigenvalue weighted by Gasteiger charge is -2.21. The molecule has 1 aliphatic heterocycles. The van der Waals surface area contributed by atoms with E-state index in [2.05, 4.69) is 5.32 Å². The van der Waals surface area contributed by atoms with E-state index in [1.807, 2.05) is 0 Å². The Balaban J connectivity index is 2.21. The van der Waals surface area contributed by atoms with Gasteiger partial charge in [-0.3, -0.25) is 28.8 Å². The molecule has 2 aromatic rings. The van der Waals surface area contributed by atoms with Crippen LogP contribution in [0.5, 0.6) is 0 Å². The fourth-order valence-electron chi connectivity index (χ4n) is 2.68. The number of fused-ring (bicyclic) bond motifs is 1. The molecule has 0 bridgehead atoms. The van der Waals surface area contributed by atoms with E-state index in [1.165, 1.54) is 9.13 Å². The number of imidazole rings is 1. The first kappa shape index (κ1) is 13.3. The van der Waals surface area contributed by atoms with Crippen molar-refractivity contribution in [1.29, 1.82) is 0 Å². The summed E-state index contributed by atoms with van der Waals surface area (Å²) in [5.41, 5.74) is 1.26. The number of aldehydes is 1. The number of piperidine rings is 1. The van der Waals surface area contributed by atoms with Gasteiger partial charge in [-0.15, -0.1) is 0 Å². The summed E-state index contributed by atoms with van der Waals surface area (Å²) in [6.45, 7) is 0. The van der Waals surface area contributed by atoms with Crippen molar-refractivity contribution >= 4 is 29.1 Å². The maximum absolute atomic E-state index is 12.4. The van der Waals surface area contributed by atoms with Gasteiger partial charge in [0.2, 0.25) is 11.8 Å². The summed E-state index contributed by atoms with van der Waals surface area (Å²) in [7, 11) is 1.58. The number of aryl methyl sites for hydroxylation is 1. The molecule has 1 N–H and O–H groups in total. The van der Waals surface area contributed by atoms with Gasteiger partial charge in [-0.2, -0.15) is 0 Å². The van der Waals surface area contributed by atoms with E-state index >= 15 is 0 Å². The summed E-state index contributed by atoms with van der Waals surface area (Å²) in [4.78, 5) is 46.4. The zero-order valence-electron chi connectivity index (χ0n) is 11.3. The summed E-state index contributed by atoms with van der Waals surface area (Å²) in [6, 6.07) is 4.13. The molecule has 21 heavy (non-hydrogen) atoms. The largest absolute Gasteiger partial charge is 0.329 e. The van der Waals surface area contributed by atoms with E-state index < -0.39 is 11.9 Å². The Morgan fingerprint density at radius 2 is 2.00 bits per heavy atom. The third-order valence-electron chi connectivity index (χ3n) is 3.77. The first-order valence-corrected chi connectivity index (χ1v) is 6.53. The number of aromatic nitrogens is 2. The van der Waals surface area contributed by atoms with Gasteiger partial charge in [-0.25, -0.2) is 4.79 Å². The Hall–Kier alpha value is -2.70. The van der Waals surface area contributed by atoms with Crippen molar-refractivity contribution in [1.82, 2.24) is 14.5 Å². The van der Waals surface area contributed by atoms with Crippen LogP contribution in [0.2, 0.25) is 0 Å². The molecule has 0 radical (unpaired) electrons. The highest BCUT2D eigenvalue weighted by atomic mass is 16.2. The number of imide groups is 1. The van der Waals surface area contributed by atoms with Crippen LogP contribution >= 0.6 is 0 Å². The molecule has 1 fully saturated rings. The van der Waals surface area contributed by atoms with E-state index in [1.54, 1.807) is 25.2 Å². The number of carbonyl (C=O) groups is 3. The molecule has 1 aliphatic rings. The minimum absolute atomic E-state index is 0.200. The number of nitrogens with zero attached hydrogens (tertiary/aromatic N) is 2. The van der Waals surface area contributed by atoms with Crippen LogP contribution in [-0.4, -0.2) is 27.2 Å². The van der Waals surface area contributed by atoms with Crippen LogP contribution in [0, 0.1) is 0 Å². The Labute approximate surface area is 119 Å². The highest BCUT2D eigenvalue weighted by molar-refractivity contribution is 6.00. The predicted octanol–water partition coefficient (Wildman–Crippen LogP) is 0.130. The molecule has 1 saturated heterocycles. The van der Waals surface area contributed by atoms with Crippen molar-refractivity contribution in [3.8, 4) is 0 Å². The van der Waals surface area contributed by atoms with Crippen LogP contribution < -0.4 is 11.0 Å². The second kappa shape index (κ2) is 4.69. The van der Waals surface area contributed by atoms with E-state index in [-0.39, 0.29) is 18.0 Å². The lowest BCUT2D eigenvalue weighted by atomic mass is 10.1. The normalized spacial score (nSPS) is 18.8. The zero-order chi connectivity index (χ0) is 15.1. The monoisotopic (exact) mass is 287 g/mol. The lowest BCUT2D eigenvalue weighted by molar-refractivity contribution is -0.135. The van der Waals surface area contributed by atoms with Gasteiger partial charge >= 0.3 is 5.69 Å². The molecule has 108 valence electrons. The summed E-state index contributed by atoms with van der Waals surface area (Å²) < 4.78 is 2.78. The Morgan fingerprint density at radius 3 is 2.67 bits per heavy atom. The molecule has 0 saturated carbocycles. The second-order valence-electron chi connectivity index (χ2n) is 5.04. The second-order valence-corrected chi connectivity index (χ2v) is 5.04. The summed E-state index contributed by atoms with van der Waals surface area (Å²) in [6.07, 6.45) is 1.19. The Morgan fingerprint density at radius 1 is 1.24 bits per heavy atom. The fourth-order valence-corrected chi connectivity index (χ4v) is 2.68. The van der Waals surface area contributed by atoms with E-state index in [0.717, 1.165) is 0 Å². The fraction of sp³-hybridized carbons (Fsp3) is 0.286. The summed E-state index contributed by atoms with van der Waals surface area (Å²) in [5.74, 6) is -0.798. The SMILES string of the molecule is Cn1c(=O)n(C2CCC(=O)NC2=O)c2ccc(C=O)cc21. The third-order valence-corrected chi connectivity index (χ3v) is 3.77. The Kier molecular flexibility index (Phi) is 2.97. The molecule has 7 heteroatoms. The highest BCUT2D eigenvalue weighted by Gasteiger charge is 2.31. The number of rotatable bonds is 2. The van der Waals surface area contributed by atoms with E-state index in [9.17, 15) is 19.2 Å². The molecular weight excluding hydrogens is 274 g/mol. The summed E-state index contributed by atoms with van der Waals surface area (Å²) >= 11 is 0. The van der Waals surface area contributed by atoms with Crippen molar-refractivity contribution < 1.29 is 14.4 Å². The van der Waals surface area contributed by atoms with Crippen LogP contribution in [0.3, 0.4) is 0 Å². The zero-order valence-corrected chi connectivity index (χ0v) is 11.3. The van der Waals surface area contributed by atoms with Gasteiger partial charge in [-0.05, 0) is 24.6 Å². The maximum Gasteiger partial charge on any atom is 0.329 e. The predicted molar refractivity (Wildman–Crippen MR) is 74.0 cm³/mol. The standard InChI is InChI=1S/C14H13N3O4/c1-16-11-6-8(7-18)2-3-9(11)17(14(16)21)10-4-5-12(19)15-13(10)20/h2-3,6-7,10H,4-5H2,1H3,(H,15,19,20). The molecule has 7 nitrogen and oxygen atoms in total. The number of amides is 2. The van der Waals surface area contributed by atoms with Gasteiger partial charge in [-0.1, -0.05) is 0 Å². The van der Waals surface area contributed by atoms with Gasteiger partial charge < -0.3 is 0 Å². The number of carbonyl (C=O) groups excluding carboxylic acids is 3. The average Bonchev–Trinajstić information content (AvgIpc) is 2.71. The van der Waals surface area contributed by atoms with Crippen LogP contribution in [0.15, 0.2) is 23.0 Å². The third kappa shape index (κ3) is 1.97. The first-order chi connectivity index (χ1) is 10.0. The van der Waals surface area contributed by atoms with Gasteiger partial charge in [0, 0.05) is 19.0 Å². The quantitative estimate of drug-likeness (QED) is 0.628. The minimum Gasteiger partial charge on any atom is -0.298 e. The minimum atomic E-state index is -0.707. The molecule has 3 rings (SSSR count). The number of nitrogens with one attached hydrogen (secondary N) is 1. The van der Waals surface area contributed by atoms with Crippen molar-refractivity contribution in [2.24, 2.45) is 7.05 Å². The van der Waals surface area contributed by atoms with E-state index in [0.29, 0.717) is 29.3 Å². The topological polar surface area (TPSA) is 90.2 Å². The molecule has 0 spiro atoms.